The molecule has 0 spiro atoms. The summed E-state index contributed by atoms with van der Waals surface area (Å²) in [6.07, 6.45) is 3.08. The summed E-state index contributed by atoms with van der Waals surface area (Å²) in [6, 6.07) is 15.8. The second-order valence-electron chi connectivity index (χ2n) is 7.78. The third kappa shape index (κ3) is 3.62. The molecule has 0 unspecified atom stereocenters. The van der Waals surface area contributed by atoms with E-state index in [0.717, 1.165) is 38.8 Å². The number of aromatic amines is 1. The number of benzene rings is 2. The number of rotatable bonds is 4. The van der Waals surface area contributed by atoms with Crippen LogP contribution in [0.4, 0.5) is 5.82 Å². The van der Waals surface area contributed by atoms with Gasteiger partial charge in [-0.3, -0.25) is 9.36 Å². The smallest absolute Gasteiger partial charge is 0.263 e. The average molecular weight is 445 g/mol. The van der Waals surface area contributed by atoms with Gasteiger partial charge in [0.1, 0.15) is 11.8 Å². The van der Waals surface area contributed by atoms with Crippen molar-refractivity contribution >= 4 is 41.2 Å². The SMILES string of the molecule is Cc1cccc(-n2c([C@H](C)Nc3ncnc4nc[nH]c34)cc3cccc(C)c3c2=O)c1.S. The number of nitrogens with one attached hydrogen (secondary N) is 2. The molecule has 32 heavy (non-hydrogen) atoms. The average Bonchev–Trinajstić information content (AvgIpc) is 3.23. The molecule has 0 saturated carbocycles. The molecule has 5 aromatic rings. The highest BCUT2D eigenvalue weighted by Gasteiger charge is 2.19. The van der Waals surface area contributed by atoms with Crippen molar-refractivity contribution in [2.75, 3.05) is 5.32 Å². The maximum absolute atomic E-state index is 13.7. The van der Waals surface area contributed by atoms with Crippen LogP contribution in [0.1, 0.15) is 29.8 Å². The summed E-state index contributed by atoms with van der Waals surface area (Å²) < 4.78 is 1.80. The van der Waals surface area contributed by atoms with Crippen LogP contribution in [0.3, 0.4) is 0 Å². The number of aryl methyl sites for hydroxylation is 2. The molecule has 2 aromatic carbocycles. The van der Waals surface area contributed by atoms with Gasteiger partial charge in [-0.05, 0) is 55.5 Å². The Bertz CT molecular complexity index is 1490. The molecule has 3 aromatic heterocycles. The zero-order valence-corrected chi connectivity index (χ0v) is 19.0. The lowest BCUT2D eigenvalue weighted by Crippen LogP contribution is -2.26. The standard InChI is InChI=1S/C24H22N6O.H2S/c1-14-6-4-9-18(10-14)30-19(11-17-8-5-7-15(2)20(17)24(30)31)16(3)29-23-21-22(26-12-25-21)27-13-28-23;/h4-13,16H,1-3H3,(H2,25,26,27,28,29);1H2/t16-;/m0./s1. The fraction of sp³-hybridized carbons (Fsp3) is 0.167. The molecule has 0 radical (unpaired) electrons. The number of H-pyrrole nitrogens is 1. The van der Waals surface area contributed by atoms with Gasteiger partial charge in [0.25, 0.3) is 5.56 Å². The number of nitrogens with zero attached hydrogens (tertiary/aromatic N) is 4. The molecular weight excluding hydrogens is 420 g/mol. The van der Waals surface area contributed by atoms with E-state index in [1.807, 2.05) is 63.2 Å². The number of hydrogen-bond acceptors (Lipinski definition) is 5. The number of hydrogen-bond donors (Lipinski definition) is 2. The maximum Gasteiger partial charge on any atom is 0.263 e. The van der Waals surface area contributed by atoms with E-state index in [0.29, 0.717) is 11.5 Å². The second-order valence-corrected chi connectivity index (χ2v) is 7.78. The third-order valence-corrected chi connectivity index (χ3v) is 5.56. The van der Waals surface area contributed by atoms with E-state index >= 15 is 0 Å². The van der Waals surface area contributed by atoms with Gasteiger partial charge in [-0.2, -0.15) is 13.5 Å². The summed E-state index contributed by atoms with van der Waals surface area (Å²) in [7, 11) is 0. The summed E-state index contributed by atoms with van der Waals surface area (Å²) in [5, 5.41) is 5.09. The second kappa shape index (κ2) is 8.47. The minimum absolute atomic E-state index is 0. The molecule has 0 saturated heterocycles. The Morgan fingerprint density at radius 3 is 2.66 bits per heavy atom. The highest BCUT2D eigenvalue weighted by atomic mass is 32.1. The fourth-order valence-corrected chi connectivity index (χ4v) is 4.06. The van der Waals surface area contributed by atoms with Crippen LogP contribution in [0.2, 0.25) is 0 Å². The monoisotopic (exact) mass is 444 g/mol. The zero-order valence-electron chi connectivity index (χ0n) is 18.0. The van der Waals surface area contributed by atoms with Crippen LogP contribution in [0.5, 0.6) is 0 Å². The lowest BCUT2D eigenvalue weighted by atomic mass is 10.0. The van der Waals surface area contributed by atoms with Gasteiger partial charge < -0.3 is 10.3 Å². The Morgan fingerprint density at radius 2 is 1.84 bits per heavy atom. The first-order valence-corrected chi connectivity index (χ1v) is 10.2. The number of pyridine rings is 1. The summed E-state index contributed by atoms with van der Waals surface area (Å²) in [4.78, 5) is 29.5. The van der Waals surface area contributed by atoms with Crippen LogP contribution < -0.4 is 10.9 Å². The molecule has 0 aliphatic rings. The first-order valence-electron chi connectivity index (χ1n) is 10.2. The van der Waals surface area contributed by atoms with E-state index in [2.05, 4.69) is 31.3 Å². The van der Waals surface area contributed by atoms with Crippen LogP contribution in [-0.2, 0) is 0 Å². The largest absolute Gasteiger partial charge is 0.360 e. The summed E-state index contributed by atoms with van der Waals surface area (Å²) in [6.45, 7) is 6.02. The molecule has 2 N–H and O–H groups in total. The highest BCUT2D eigenvalue weighted by Crippen LogP contribution is 2.26. The topological polar surface area (TPSA) is 88.5 Å². The lowest BCUT2D eigenvalue weighted by Gasteiger charge is -2.22. The Labute approximate surface area is 192 Å². The lowest BCUT2D eigenvalue weighted by molar-refractivity contribution is 0.773. The molecule has 5 rings (SSSR count). The van der Waals surface area contributed by atoms with Crippen molar-refractivity contribution in [3.05, 3.63) is 88.4 Å². The summed E-state index contributed by atoms with van der Waals surface area (Å²) >= 11 is 0. The van der Waals surface area contributed by atoms with Crippen LogP contribution in [-0.4, -0.2) is 24.5 Å². The van der Waals surface area contributed by atoms with E-state index in [1.165, 1.54) is 6.33 Å². The van der Waals surface area contributed by atoms with Gasteiger partial charge in [0, 0.05) is 11.4 Å². The minimum Gasteiger partial charge on any atom is -0.360 e. The van der Waals surface area contributed by atoms with E-state index in [1.54, 1.807) is 10.9 Å². The van der Waals surface area contributed by atoms with E-state index < -0.39 is 0 Å². The molecule has 3 heterocycles. The molecule has 8 heteroatoms. The first kappa shape index (κ1) is 21.6. The molecule has 0 aliphatic carbocycles. The van der Waals surface area contributed by atoms with Crippen molar-refractivity contribution < 1.29 is 0 Å². The van der Waals surface area contributed by atoms with Crippen molar-refractivity contribution in [1.82, 2.24) is 24.5 Å². The summed E-state index contributed by atoms with van der Waals surface area (Å²) in [5.74, 6) is 0.641. The van der Waals surface area contributed by atoms with Crippen LogP contribution in [0, 0.1) is 13.8 Å². The molecule has 7 nitrogen and oxygen atoms in total. The van der Waals surface area contributed by atoms with Gasteiger partial charge in [0.05, 0.1) is 17.8 Å². The Kier molecular flexibility index (Phi) is 5.71. The highest BCUT2D eigenvalue weighted by molar-refractivity contribution is 7.59. The number of aromatic nitrogens is 5. The van der Waals surface area contributed by atoms with E-state index in [-0.39, 0.29) is 25.1 Å². The van der Waals surface area contributed by atoms with Crippen LogP contribution >= 0.6 is 13.5 Å². The maximum atomic E-state index is 13.7. The molecule has 1 atom stereocenters. The Morgan fingerprint density at radius 1 is 1.03 bits per heavy atom. The molecule has 0 bridgehead atoms. The predicted octanol–water partition coefficient (Wildman–Crippen LogP) is 4.56. The minimum atomic E-state index is -0.209. The van der Waals surface area contributed by atoms with Crippen LogP contribution in [0.15, 0.2) is 66.0 Å². The van der Waals surface area contributed by atoms with Crippen molar-refractivity contribution in [2.24, 2.45) is 0 Å². The van der Waals surface area contributed by atoms with Crippen molar-refractivity contribution in [1.29, 1.82) is 0 Å². The molecule has 0 amide bonds. The van der Waals surface area contributed by atoms with Gasteiger partial charge in [-0.15, -0.1) is 0 Å². The van der Waals surface area contributed by atoms with Crippen molar-refractivity contribution in [3.63, 3.8) is 0 Å². The Hall–Kier alpha value is -3.65. The normalized spacial score (nSPS) is 12.0. The van der Waals surface area contributed by atoms with Crippen molar-refractivity contribution in [3.8, 4) is 5.69 Å². The molecule has 0 fully saturated rings. The Balaban J connectivity index is 0.00000245. The fourth-order valence-electron chi connectivity index (χ4n) is 4.06. The molecule has 162 valence electrons. The van der Waals surface area contributed by atoms with Crippen molar-refractivity contribution in [2.45, 2.75) is 26.8 Å². The van der Waals surface area contributed by atoms with E-state index in [9.17, 15) is 4.79 Å². The number of fused-ring (bicyclic) bond motifs is 2. The van der Waals surface area contributed by atoms with Gasteiger partial charge in [0.2, 0.25) is 0 Å². The molecular formula is C24H24N6OS. The number of imidazole rings is 1. The predicted molar refractivity (Wildman–Crippen MR) is 133 cm³/mol. The van der Waals surface area contributed by atoms with Gasteiger partial charge >= 0.3 is 0 Å². The third-order valence-electron chi connectivity index (χ3n) is 5.56. The quantitative estimate of drug-likeness (QED) is 0.424. The first-order chi connectivity index (χ1) is 15.0. The summed E-state index contributed by atoms with van der Waals surface area (Å²) in [5.41, 5.74) is 5.04. The van der Waals surface area contributed by atoms with Gasteiger partial charge in [-0.25, -0.2) is 15.0 Å². The van der Waals surface area contributed by atoms with Gasteiger partial charge in [-0.1, -0.05) is 30.3 Å². The van der Waals surface area contributed by atoms with Crippen LogP contribution in [0.25, 0.3) is 27.6 Å². The zero-order chi connectivity index (χ0) is 21.5. The van der Waals surface area contributed by atoms with Gasteiger partial charge in [0.15, 0.2) is 11.5 Å². The number of anilines is 1. The molecule has 0 aliphatic heterocycles. The van der Waals surface area contributed by atoms with E-state index in [4.69, 9.17) is 0 Å².